The molecular formula is C26H32ClFN4O4. The van der Waals surface area contributed by atoms with Crippen molar-refractivity contribution in [3.8, 4) is 0 Å². The number of nitrogens with zero attached hydrogens (tertiary/aromatic N) is 3. The number of rotatable bonds is 6. The van der Waals surface area contributed by atoms with Gasteiger partial charge in [-0.2, -0.15) is 0 Å². The van der Waals surface area contributed by atoms with Gasteiger partial charge in [-0.1, -0.05) is 17.7 Å². The second kappa shape index (κ2) is 9.85. The molecule has 3 fully saturated rings. The Balaban J connectivity index is 1.13. The van der Waals surface area contributed by atoms with E-state index in [0.717, 1.165) is 38.3 Å². The second-order valence-electron chi connectivity index (χ2n) is 10.9. The van der Waals surface area contributed by atoms with Gasteiger partial charge in [0, 0.05) is 24.1 Å². The molecule has 5 rings (SSSR count). The summed E-state index contributed by atoms with van der Waals surface area (Å²) in [6.07, 6.45) is 5.83. The van der Waals surface area contributed by atoms with Crippen LogP contribution in [0.2, 0.25) is 5.02 Å². The number of aliphatic hydroxyl groups is 1. The normalized spacial score (nSPS) is 26.8. The number of piperidine rings is 1. The average molecular weight is 519 g/mol. The van der Waals surface area contributed by atoms with Crippen LogP contribution in [0.15, 0.2) is 30.6 Å². The van der Waals surface area contributed by atoms with Gasteiger partial charge in [-0.25, -0.2) is 14.4 Å². The Morgan fingerprint density at radius 2 is 1.92 bits per heavy atom. The number of carbonyl (C=O) groups is 1. The molecule has 2 saturated heterocycles. The van der Waals surface area contributed by atoms with Crippen molar-refractivity contribution in [3.05, 3.63) is 52.6 Å². The summed E-state index contributed by atoms with van der Waals surface area (Å²) in [6.45, 7) is 6.07. The van der Waals surface area contributed by atoms with Gasteiger partial charge in [0.2, 0.25) is 5.95 Å². The smallest absolute Gasteiger partial charge is 0.254 e. The number of nitrogens with one attached hydrogen (secondary N) is 1. The van der Waals surface area contributed by atoms with Crippen LogP contribution in [-0.2, 0) is 9.47 Å². The minimum Gasteiger partial charge on any atom is -0.394 e. The highest BCUT2D eigenvalue weighted by molar-refractivity contribution is 6.30. The Morgan fingerprint density at radius 3 is 2.53 bits per heavy atom. The van der Waals surface area contributed by atoms with Crippen LogP contribution < -0.4 is 10.2 Å². The van der Waals surface area contributed by atoms with Gasteiger partial charge in [-0.3, -0.25) is 4.79 Å². The van der Waals surface area contributed by atoms with Crippen LogP contribution in [0.4, 0.5) is 10.3 Å². The summed E-state index contributed by atoms with van der Waals surface area (Å²) in [5, 5.41) is 12.5. The summed E-state index contributed by atoms with van der Waals surface area (Å²) in [7, 11) is 0. The minimum absolute atomic E-state index is 0.0361. The van der Waals surface area contributed by atoms with E-state index in [9.17, 15) is 14.3 Å². The van der Waals surface area contributed by atoms with Gasteiger partial charge in [0.05, 0.1) is 48.3 Å². The van der Waals surface area contributed by atoms with Gasteiger partial charge >= 0.3 is 0 Å². The third-order valence-electron chi connectivity index (χ3n) is 7.65. The van der Waals surface area contributed by atoms with E-state index in [0.29, 0.717) is 35.6 Å². The van der Waals surface area contributed by atoms with E-state index in [-0.39, 0.29) is 17.6 Å². The SMILES string of the molecule is CC(C)(CO)NC(=O)c1ccc(C2OCC3(CO2)C[C@@H]3C2CCN(c3ncc(Cl)cn3)CC2)cc1F. The largest absolute Gasteiger partial charge is 0.394 e. The highest BCUT2D eigenvalue weighted by atomic mass is 35.5. The molecule has 1 aliphatic carbocycles. The van der Waals surface area contributed by atoms with Crippen LogP contribution in [0, 0.1) is 23.1 Å². The maximum atomic E-state index is 14.7. The van der Waals surface area contributed by atoms with Crippen molar-refractivity contribution < 1.29 is 23.8 Å². The number of hydrogen-bond donors (Lipinski definition) is 2. The molecule has 2 N–H and O–H groups in total. The quantitative estimate of drug-likeness (QED) is 0.601. The average Bonchev–Trinajstić information content (AvgIpc) is 3.57. The molecule has 1 aromatic heterocycles. The number of aromatic nitrogens is 2. The fraction of sp³-hybridized carbons (Fsp3) is 0.577. The van der Waals surface area contributed by atoms with Crippen molar-refractivity contribution in [3.63, 3.8) is 0 Å². The molecule has 1 aromatic carbocycles. The lowest BCUT2D eigenvalue weighted by atomic mass is 9.87. The summed E-state index contributed by atoms with van der Waals surface area (Å²) in [4.78, 5) is 23.3. The first-order chi connectivity index (χ1) is 17.2. The van der Waals surface area contributed by atoms with Crippen LogP contribution >= 0.6 is 11.6 Å². The number of amides is 1. The molecule has 10 heteroatoms. The third kappa shape index (κ3) is 5.20. The molecule has 0 bridgehead atoms. The van der Waals surface area contributed by atoms with Gasteiger partial charge in [-0.05, 0) is 57.1 Å². The molecule has 2 aromatic rings. The van der Waals surface area contributed by atoms with Crippen molar-refractivity contribution in [1.29, 1.82) is 0 Å². The molecule has 3 heterocycles. The van der Waals surface area contributed by atoms with E-state index in [2.05, 4.69) is 20.2 Å². The molecule has 194 valence electrons. The number of carbonyl (C=O) groups excluding carboxylic acids is 1. The summed E-state index contributed by atoms with van der Waals surface area (Å²) in [6, 6.07) is 4.39. The fourth-order valence-electron chi connectivity index (χ4n) is 5.39. The van der Waals surface area contributed by atoms with Crippen LogP contribution in [0.1, 0.15) is 55.3 Å². The first-order valence-electron chi connectivity index (χ1n) is 12.4. The summed E-state index contributed by atoms with van der Waals surface area (Å²) in [5.74, 6) is 0.674. The van der Waals surface area contributed by atoms with E-state index in [4.69, 9.17) is 21.1 Å². The van der Waals surface area contributed by atoms with E-state index >= 15 is 0 Å². The van der Waals surface area contributed by atoms with Crippen LogP contribution in [0.3, 0.4) is 0 Å². The second-order valence-corrected chi connectivity index (χ2v) is 11.3. The predicted octanol–water partition coefficient (Wildman–Crippen LogP) is 3.74. The number of anilines is 1. The number of benzene rings is 1. The molecule has 36 heavy (non-hydrogen) atoms. The first kappa shape index (κ1) is 25.3. The van der Waals surface area contributed by atoms with Gasteiger partial charge in [-0.15, -0.1) is 0 Å². The monoisotopic (exact) mass is 518 g/mol. The van der Waals surface area contributed by atoms with Crippen molar-refractivity contribution in [2.24, 2.45) is 17.3 Å². The predicted molar refractivity (Wildman–Crippen MR) is 132 cm³/mol. The zero-order chi connectivity index (χ0) is 25.5. The molecule has 1 atom stereocenters. The zero-order valence-electron chi connectivity index (χ0n) is 20.5. The standard InChI is InChI=1S/C26H32ClFN4O4/c1-25(2,13-33)31-22(34)19-4-3-17(9-21(19)28)23-35-14-26(15-36-23)10-20(26)16-5-7-32(8-6-16)24-29-11-18(27)12-30-24/h3-4,9,11-12,16,20,23,33H,5-8,10,13-15H2,1-2H3,(H,31,34)/t20-,23?,26?/m1/s1. The van der Waals surface area contributed by atoms with Crippen LogP contribution in [-0.4, -0.2) is 59.4 Å². The number of halogens is 2. The topological polar surface area (TPSA) is 96.8 Å². The highest BCUT2D eigenvalue weighted by Crippen LogP contribution is 2.61. The van der Waals surface area contributed by atoms with E-state index in [1.165, 1.54) is 12.1 Å². The molecule has 1 saturated carbocycles. The lowest BCUT2D eigenvalue weighted by molar-refractivity contribution is -0.216. The van der Waals surface area contributed by atoms with Crippen molar-refractivity contribution >= 4 is 23.5 Å². The third-order valence-corrected chi connectivity index (χ3v) is 7.85. The van der Waals surface area contributed by atoms with Crippen LogP contribution in [0.5, 0.6) is 0 Å². The van der Waals surface area contributed by atoms with Crippen molar-refractivity contribution in [2.45, 2.75) is 44.9 Å². The Kier molecular flexibility index (Phi) is 6.93. The molecule has 3 aliphatic rings. The molecule has 8 nitrogen and oxygen atoms in total. The lowest BCUT2D eigenvalue weighted by Crippen LogP contribution is -2.46. The molecule has 1 amide bonds. The van der Waals surface area contributed by atoms with E-state index in [1.54, 1.807) is 32.3 Å². The first-order valence-corrected chi connectivity index (χ1v) is 12.8. The Bertz CT molecular complexity index is 1100. The summed E-state index contributed by atoms with van der Waals surface area (Å²) in [5.41, 5.74) is -0.333. The Morgan fingerprint density at radius 1 is 1.25 bits per heavy atom. The van der Waals surface area contributed by atoms with E-state index < -0.39 is 23.6 Å². The maximum Gasteiger partial charge on any atom is 0.254 e. The number of ether oxygens (including phenoxy) is 2. The fourth-order valence-corrected chi connectivity index (χ4v) is 5.49. The van der Waals surface area contributed by atoms with Gasteiger partial charge in [0.15, 0.2) is 6.29 Å². The summed E-state index contributed by atoms with van der Waals surface area (Å²) < 4.78 is 26.8. The maximum absolute atomic E-state index is 14.7. The van der Waals surface area contributed by atoms with Crippen molar-refractivity contribution in [1.82, 2.24) is 15.3 Å². The molecule has 0 unspecified atom stereocenters. The minimum atomic E-state index is -0.840. The highest BCUT2D eigenvalue weighted by Gasteiger charge is 2.59. The summed E-state index contributed by atoms with van der Waals surface area (Å²) >= 11 is 5.90. The van der Waals surface area contributed by atoms with Gasteiger partial charge in [0.25, 0.3) is 5.91 Å². The molecular weight excluding hydrogens is 487 g/mol. The zero-order valence-corrected chi connectivity index (χ0v) is 21.3. The van der Waals surface area contributed by atoms with Crippen LogP contribution in [0.25, 0.3) is 0 Å². The van der Waals surface area contributed by atoms with Gasteiger partial charge in [0.1, 0.15) is 5.82 Å². The molecule has 2 aliphatic heterocycles. The Hall–Kier alpha value is -2.33. The van der Waals surface area contributed by atoms with E-state index in [1.807, 2.05) is 0 Å². The van der Waals surface area contributed by atoms with Gasteiger partial charge < -0.3 is 24.8 Å². The Labute approximate surface area is 215 Å². The van der Waals surface area contributed by atoms with Crippen molar-refractivity contribution in [2.75, 3.05) is 37.8 Å². The molecule has 0 radical (unpaired) electrons. The number of hydrogen-bond acceptors (Lipinski definition) is 7. The lowest BCUT2D eigenvalue weighted by Gasteiger charge is -2.35. The molecule has 1 spiro atoms. The number of aliphatic hydroxyl groups excluding tert-OH is 1.